The number of hydrogen-bond donors (Lipinski definition) is 1. The summed E-state index contributed by atoms with van der Waals surface area (Å²) in [4.78, 5) is 11.4. The first kappa shape index (κ1) is 16.3. The van der Waals surface area contributed by atoms with Gasteiger partial charge in [-0.3, -0.25) is 5.10 Å². The lowest BCUT2D eigenvalue weighted by molar-refractivity contribution is 0.279. The predicted molar refractivity (Wildman–Crippen MR) is 97.3 cm³/mol. The molecule has 25 heavy (non-hydrogen) atoms. The zero-order chi connectivity index (χ0) is 17.6. The third-order valence-corrected chi connectivity index (χ3v) is 5.19. The summed E-state index contributed by atoms with van der Waals surface area (Å²) in [6.07, 6.45) is 4.05. The molecule has 0 aliphatic carbocycles. The summed E-state index contributed by atoms with van der Waals surface area (Å²) in [5.74, 6) is 0.397. The molecule has 0 bridgehead atoms. The highest BCUT2D eigenvalue weighted by Crippen LogP contribution is 2.32. The highest BCUT2D eigenvalue weighted by Gasteiger charge is 2.26. The highest BCUT2D eigenvalue weighted by molar-refractivity contribution is 6.31. The molecule has 5 nitrogen and oxygen atoms in total. The van der Waals surface area contributed by atoms with Gasteiger partial charge in [-0.05, 0) is 36.5 Å². The van der Waals surface area contributed by atoms with Gasteiger partial charge in [-0.1, -0.05) is 25.4 Å². The van der Waals surface area contributed by atoms with Crippen molar-refractivity contribution in [3.63, 3.8) is 0 Å². The van der Waals surface area contributed by atoms with Crippen molar-refractivity contribution in [2.24, 2.45) is 5.41 Å². The number of hydrogen-bond acceptors (Lipinski definition) is 4. The lowest BCUT2D eigenvalue weighted by Gasteiger charge is -2.37. The van der Waals surface area contributed by atoms with E-state index in [4.69, 9.17) is 11.6 Å². The number of nitrogens with one attached hydrogen (secondary N) is 1. The molecule has 4 rings (SSSR count). The third kappa shape index (κ3) is 3.06. The number of fused-ring (bicyclic) bond motifs is 1. The van der Waals surface area contributed by atoms with Gasteiger partial charge in [0.1, 0.15) is 17.2 Å². The van der Waals surface area contributed by atoms with Crippen LogP contribution in [0.25, 0.3) is 22.4 Å². The maximum Gasteiger partial charge on any atom is 0.202 e. The largest absolute Gasteiger partial charge is 0.355 e. The van der Waals surface area contributed by atoms with Crippen molar-refractivity contribution >= 4 is 28.6 Å². The monoisotopic (exact) mass is 359 g/mol. The van der Waals surface area contributed by atoms with E-state index in [9.17, 15) is 4.39 Å². The van der Waals surface area contributed by atoms with Gasteiger partial charge in [-0.25, -0.2) is 14.4 Å². The topological polar surface area (TPSA) is 57.7 Å². The zero-order valence-electron chi connectivity index (χ0n) is 14.2. The molecule has 0 atom stereocenters. The number of H-pyrrole nitrogens is 1. The Kier molecular flexibility index (Phi) is 3.87. The Morgan fingerprint density at radius 1 is 1.24 bits per heavy atom. The maximum atomic E-state index is 13.4. The summed E-state index contributed by atoms with van der Waals surface area (Å²) in [7, 11) is 0. The lowest BCUT2D eigenvalue weighted by Crippen LogP contribution is -2.37. The van der Waals surface area contributed by atoms with E-state index >= 15 is 0 Å². The van der Waals surface area contributed by atoms with Gasteiger partial charge < -0.3 is 4.90 Å². The first-order valence-corrected chi connectivity index (χ1v) is 8.72. The van der Waals surface area contributed by atoms with Crippen molar-refractivity contribution < 1.29 is 4.39 Å². The van der Waals surface area contributed by atoms with Crippen LogP contribution >= 0.6 is 11.6 Å². The third-order valence-electron chi connectivity index (χ3n) is 4.90. The van der Waals surface area contributed by atoms with Gasteiger partial charge in [-0.2, -0.15) is 5.10 Å². The van der Waals surface area contributed by atoms with Crippen LogP contribution in [0.3, 0.4) is 0 Å². The fourth-order valence-corrected chi connectivity index (χ4v) is 3.31. The van der Waals surface area contributed by atoms with E-state index in [1.165, 1.54) is 6.07 Å². The minimum Gasteiger partial charge on any atom is -0.355 e. The second-order valence-electron chi connectivity index (χ2n) is 7.28. The van der Waals surface area contributed by atoms with Crippen LogP contribution in [0, 0.1) is 11.2 Å². The Morgan fingerprint density at radius 2 is 2.00 bits per heavy atom. The van der Waals surface area contributed by atoms with Crippen molar-refractivity contribution in [2.75, 3.05) is 18.0 Å². The fraction of sp³-hybridized carbons (Fsp3) is 0.389. The van der Waals surface area contributed by atoms with Gasteiger partial charge >= 0.3 is 0 Å². The minimum absolute atomic E-state index is 0.0701. The number of aromatic amines is 1. The average Bonchev–Trinajstić information content (AvgIpc) is 3.00. The van der Waals surface area contributed by atoms with Gasteiger partial charge in [0.15, 0.2) is 0 Å². The summed E-state index contributed by atoms with van der Waals surface area (Å²) in [6, 6.07) is 4.55. The van der Waals surface area contributed by atoms with Gasteiger partial charge in [-0.15, -0.1) is 0 Å². The van der Waals surface area contributed by atoms with E-state index in [2.05, 4.69) is 38.9 Å². The van der Waals surface area contributed by atoms with Crippen molar-refractivity contribution in [1.29, 1.82) is 0 Å². The van der Waals surface area contributed by atoms with E-state index in [0.29, 0.717) is 22.3 Å². The van der Waals surface area contributed by atoms with Crippen molar-refractivity contribution in [1.82, 2.24) is 20.2 Å². The van der Waals surface area contributed by atoms with E-state index in [1.807, 2.05) is 0 Å². The molecule has 1 N–H and O–H groups in total. The molecular weight excluding hydrogens is 341 g/mol. The van der Waals surface area contributed by atoms with Crippen LogP contribution in [0.4, 0.5) is 10.2 Å². The Bertz CT molecular complexity index is 926. The Labute approximate surface area is 150 Å². The number of anilines is 1. The Balaban J connectivity index is 1.66. The van der Waals surface area contributed by atoms with Crippen LogP contribution in [0.5, 0.6) is 0 Å². The van der Waals surface area contributed by atoms with E-state index in [0.717, 1.165) is 37.3 Å². The SMILES string of the molecule is CC1(C)CCN(c2cnc3c(-c4ccc(F)c(Cl)c4)[nH]nc3n2)CC1. The van der Waals surface area contributed by atoms with Gasteiger partial charge in [0, 0.05) is 18.7 Å². The molecule has 1 aliphatic rings. The van der Waals surface area contributed by atoms with Gasteiger partial charge in [0.05, 0.1) is 16.9 Å². The second kappa shape index (κ2) is 5.95. The Morgan fingerprint density at radius 3 is 2.72 bits per heavy atom. The maximum absolute atomic E-state index is 13.4. The van der Waals surface area contributed by atoms with E-state index in [-0.39, 0.29) is 5.02 Å². The molecule has 7 heteroatoms. The number of piperidine rings is 1. The zero-order valence-corrected chi connectivity index (χ0v) is 14.9. The molecule has 130 valence electrons. The van der Waals surface area contributed by atoms with Crippen LogP contribution in [0.15, 0.2) is 24.4 Å². The Hall–Kier alpha value is -2.21. The summed E-state index contributed by atoms with van der Waals surface area (Å²) >= 11 is 5.88. The number of rotatable bonds is 2. The minimum atomic E-state index is -0.448. The number of halogens is 2. The summed E-state index contributed by atoms with van der Waals surface area (Å²) < 4.78 is 13.4. The number of benzene rings is 1. The molecule has 1 aliphatic heterocycles. The smallest absolute Gasteiger partial charge is 0.202 e. The van der Waals surface area contributed by atoms with Gasteiger partial charge in [0.2, 0.25) is 5.65 Å². The molecule has 0 radical (unpaired) electrons. The first-order valence-electron chi connectivity index (χ1n) is 8.34. The molecule has 1 fully saturated rings. The molecular formula is C18H19ClFN5. The molecule has 0 saturated carbocycles. The molecule has 2 aromatic heterocycles. The molecule has 0 amide bonds. The van der Waals surface area contributed by atoms with Crippen LogP contribution in [0.1, 0.15) is 26.7 Å². The van der Waals surface area contributed by atoms with Crippen LogP contribution < -0.4 is 4.90 Å². The molecule has 1 aromatic carbocycles. The van der Waals surface area contributed by atoms with E-state index in [1.54, 1.807) is 18.3 Å². The van der Waals surface area contributed by atoms with Crippen LogP contribution in [-0.4, -0.2) is 33.3 Å². The molecule has 3 heterocycles. The van der Waals surface area contributed by atoms with Crippen LogP contribution in [0.2, 0.25) is 5.02 Å². The average molecular weight is 360 g/mol. The number of nitrogens with zero attached hydrogens (tertiary/aromatic N) is 4. The quantitative estimate of drug-likeness (QED) is 0.735. The summed E-state index contributed by atoms with van der Waals surface area (Å²) in [6.45, 7) is 6.54. The van der Waals surface area contributed by atoms with Crippen molar-refractivity contribution in [2.45, 2.75) is 26.7 Å². The van der Waals surface area contributed by atoms with Crippen LogP contribution in [-0.2, 0) is 0 Å². The number of aromatic nitrogens is 4. The standard InChI is InChI=1S/C18H19ClFN5/c1-18(2)5-7-25(8-6-18)14-10-21-16-15(23-24-17(16)22-14)11-3-4-13(20)12(19)9-11/h3-4,9-10H,5-8H2,1-2H3,(H,22,23,24). The van der Waals surface area contributed by atoms with Crippen molar-refractivity contribution in [3.05, 3.63) is 35.2 Å². The van der Waals surface area contributed by atoms with Gasteiger partial charge in [0.25, 0.3) is 0 Å². The summed E-state index contributed by atoms with van der Waals surface area (Å²) in [5, 5.41) is 7.28. The fourth-order valence-electron chi connectivity index (χ4n) is 3.13. The first-order chi connectivity index (χ1) is 11.9. The summed E-state index contributed by atoms with van der Waals surface area (Å²) in [5.41, 5.74) is 3.02. The molecule has 0 unspecified atom stereocenters. The lowest BCUT2D eigenvalue weighted by atomic mass is 9.83. The molecule has 0 spiro atoms. The highest BCUT2D eigenvalue weighted by atomic mass is 35.5. The van der Waals surface area contributed by atoms with E-state index < -0.39 is 5.82 Å². The van der Waals surface area contributed by atoms with Crippen molar-refractivity contribution in [3.8, 4) is 11.3 Å². The molecule has 3 aromatic rings. The molecule has 1 saturated heterocycles. The predicted octanol–water partition coefficient (Wildman–Crippen LogP) is 4.44. The second-order valence-corrected chi connectivity index (χ2v) is 7.69. The normalized spacial score (nSPS) is 17.2.